The zero-order chi connectivity index (χ0) is 15.3. The van der Waals surface area contributed by atoms with E-state index < -0.39 is 54.0 Å². The van der Waals surface area contributed by atoms with Gasteiger partial charge in [-0.05, 0) is 0 Å². The average Bonchev–Trinajstić information content (AvgIpc) is 2.11. The Morgan fingerprint density at radius 2 is 0.737 bits per heavy atom. The summed E-state index contributed by atoms with van der Waals surface area (Å²) in [4.78, 5) is 0. The van der Waals surface area contributed by atoms with E-state index in [1.807, 2.05) is 0 Å². The molecule has 0 unspecified atom stereocenters. The molecule has 0 bridgehead atoms. The molecule has 0 rings (SSSR count). The van der Waals surface area contributed by atoms with E-state index in [1.165, 1.54) is 0 Å². The molecule has 0 amide bonds. The molecule has 0 saturated heterocycles. The van der Waals surface area contributed by atoms with Crippen molar-refractivity contribution in [1.82, 2.24) is 0 Å². The van der Waals surface area contributed by atoms with Gasteiger partial charge in [0.2, 0.25) is 0 Å². The molecule has 0 aliphatic rings. The molecule has 16 heteroatoms. The van der Waals surface area contributed by atoms with Crippen LogP contribution < -0.4 is 0 Å². The minimum absolute atomic E-state index is 2.55. The summed E-state index contributed by atoms with van der Waals surface area (Å²) in [5.74, 6) is -14.4. The second kappa shape index (κ2) is 7.11. The lowest BCUT2D eigenvalue weighted by atomic mass is 10.3. The van der Waals surface area contributed by atoms with E-state index in [4.69, 9.17) is 0 Å². The Morgan fingerprint density at radius 1 is 0.526 bits per heavy atom. The summed E-state index contributed by atoms with van der Waals surface area (Å²) in [7, 11) is -12.6. The molecule has 0 aromatic heterocycles. The zero-order valence-electron chi connectivity index (χ0n) is 8.83. The molecule has 0 fully saturated rings. The standard InChI is InChI=1S/C3H6BF9O3Si3/c5-1(6,7)17-14-4(15-18-2(8,9)10)16-19-3(11,12)13/h17-19H2. The molecule has 0 N–H and O–H groups in total. The van der Waals surface area contributed by atoms with Crippen LogP contribution in [0.15, 0.2) is 0 Å². The normalized spacial score (nSPS) is 15.6. The summed E-state index contributed by atoms with van der Waals surface area (Å²) in [5, 5.41) is 0. The van der Waals surface area contributed by atoms with Gasteiger partial charge in [-0.3, -0.25) is 0 Å². The van der Waals surface area contributed by atoms with E-state index in [2.05, 4.69) is 13.0 Å². The monoisotopic (exact) mass is 356 g/mol. The third-order valence-electron chi connectivity index (χ3n) is 1.15. The van der Waals surface area contributed by atoms with Gasteiger partial charge in [-0.1, -0.05) is 0 Å². The lowest BCUT2D eigenvalue weighted by Gasteiger charge is -2.17. The number of halogens is 9. The van der Waals surface area contributed by atoms with Gasteiger partial charge in [-0.25, -0.2) is 0 Å². The summed E-state index contributed by atoms with van der Waals surface area (Å²) in [6.45, 7) is 0. The number of rotatable bonds is 6. The minimum atomic E-state index is -4.79. The van der Waals surface area contributed by atoms with Crippen molar-refractivity contribution in [3.8, 4) is 0 Å². The fourth-order valence-electron chi connectivity index (χ4n) is 0.632. The van der Waals surface area contributed by atoms with Crippen molar-refractivity contribution in [3.05, 3.63) is 0 Å². The Bertz CT molecular complexity index is 223. The summed E-state index contributed by atoms with van der Waals surface area (Å²) in [6.07, 6.45) is 0. The molecule has 0 spiro atoms. The molecule has 0 saturated carbocycles. The van der Waals surface area contributed by atoms with Crippen LogP contribution in [0.1, 0.15) is 0 Å². The maximum absolute atomic E-state index is 11.8. The molecule has 3 nitrogen and oxygen atoms in total. The highest BCUT2D eigenvalue weighted by molar-refractivity contribution is 6.59. The van der Waals surface area contributed by atoms with Crippen LogP contribution in [-0.2, 0) is 13.0 Å². The van der Waals surface area contributed by atoms with Crippen molar-refractivity contribution < 1.29 is 52.5 Å². The van der Waals surface area contributed by atoms with Crippen molar-refractivity contribution in [1.29, 1.82) is 0 Å². The van der Waals surface area contributed by atoms with Gasteiger partial charge in [0.1, 0.15) is 0 Å². The average molecular weight is 356 g/mol. The van der Waals surface area contributed by atoms with Gasteiger partial charge in [-0.15, -0.1) is 0 Å². The highest BCUT2D eigenvalue weighted by atomic mass is 28.2. The van der Waals surface area contributed by atoms with E-state index in [1.54, 1.807) is 0 Å². The third-order valence-corrected chi connectivity index (χ3v) is 3.45. The Hall–Kier alpha value is -0.0344. The number of hydrogen-bond acceptors (Lipinski definition) is 3. The van der Waals surface area contributed by atoms with E-state index in [-0.39, 0.29) is 0 Å². The van der Waals surface area contributed by atoms with Gasteiger partial charge in [0.25, 0.3) is 29.3 Å². The molecule has 0 aromatic rings. The summed E-state index contributed by atoms with van der Waals surface area (Å²) >= 11 is 0. The molecular weight excluding hydrogens is 350 g/mol. The van der Waals surface area contributed by atoms with Crippen LogP contribution in [0, 0.1) is 0 Å². The molecule has 114 valence electrons. The quantitative estimate of drug-likeness (QED) is 0.489. The van der Waals surface area contributed by atoms with Gasteiger partial charge in [0.15, 0.2) is 0 Å². The Labute approximate surface area is 107 Å². The topological polar surface area (TPSA) is 27.7 Å². The fourth-order valence-corrected chi connectivity index (χ4v) is 2.76. The van der Waals surface area contributed by atoms with Crippen LogP contribution in [0.3, 0.4) is 0 Å². The Balaban J connectivity index is 4.30. The first-order valence-electron chi connectivity index (χ1n) is 4.33. The van der Waals surface area contributed by atoms with Gasteiger partial charge in [-0.2, -0.15) is 39.5 Å². The predicted octanol–water partition coefficient (Wildman–Crippen LogP) is -0.168. The predicted molar refractivity (Wildman–Crippen MR) is 52.8 cm³/mol. The third kappa shape index (κ3) is 14.2. The van der Waals surface area contributed by atoms with Crippen molar-refractivity contribution in [2.45, 2.75) is 17.4 Å². The summed E-state index contributed by atoms with van der Waals surface area (Å²) in [6, 6.07) is 0. The second-order valence-electron chi connectivity index (χ2n) is 3.07. The van der Waals surface area contributed by atoms with Gasteiger partial charge in [0, 0.05) is 0 Å². The molecule has 0 radical (unpaired) electrons. The summed E-state index contributed by atoms with van der Waals surface area (Å²) in [5.41, 5.74) is 0. The first-order chi connectivity index (χ1) is 8.29. The Morgan fingerprint density at radius 3 is 0.895 bits per heavy atom. The van der Waals surface area contributed by atoms with Crippen LogP contribution >= 0.6 is 0 Å². The van der Waals surface area contributed by atoms with E-state index in [9.17, 15) is 39.5 Å². The minimum Gasteiger partial charge on any atom is -0.427 e. The van der Waals surface area contributed by atoms with E-state index >= 15 is 0 Å². The van der Waals surface area contributed by atoms with Crippen molar-refractivity contribution >= 4 is 36.6 Å². The van der Waals surface area contributed by atoms with Crippen molar-refractivity contribution in [2.75, 3.05) is 0 Å². The highest BCUT2D eigenvalue weighted by Crippen LogP contribution is 2.17. The zero-order valence-corrected chi connectivity index (χ0v) is 13.1. The molecule has 0 aliphatic carbocycles. The van der Waals surface area contributed by atoms with Crippen LogP contribution in [0.4, 0.5) is 39.5 Å². The first kappa shape index (κ1) is 19.0. The molecule has 0 aliphatic heterocycles. The number of hydrogen-bond donors (Lipinski definition) is 0. The highest BCUT2D eigenvalue weighted by Gasteiger charge is 2.39. The maximum atomic E-state index is 11.8. The van der Waals surface area contributed by atoms with Gasteiger partial charge >= 0.3 is 24.7 Å². The number of alkyl halides is 9. The lowest BCUT2D eigenvalue weighted by molar-refractivity contribution is -0.0615. The molecular formula is C3H6BF9O3Si3. The second-order valence-corrected chi connectivity index (χ2v) is 7.34. The van der Waals surface area contributed by atoms with Crippen molar-refractivity contribution in [3.63, 3.8) is 0 Å². The molecule has 0 aromatic carbocycles. The van der Waals surface area contributed by atoms with Gasteiger partial charge < -0.3 is 13.0 Å². The van der Waals surface area contributed by atoms with E-state index in [0.29, 0.717) is 0 Å². The lowest BCUT2D eigenvalue weighted by Crippen LogP contribution is -2.41. The van der Waals surface area contributed by atoms with Crippen LogP contribution in [0.5, 0.6) is 0 Å². The molecule has 0 atom stereocenters. The van der Waals surface area contributed by atoms with Crippen LogP contribution in [-0.4, -0.2) is 54.0 Å². The molecule has 0 heterocycles. The molecule has 19 heavy (non-hydrogen) atoms. The maximum Gasteiger partial charge on any atom is 0.606 e. The fraction of sp³-hybridized carbons (Fsp3) is 1.00. The van der Waals surface area contributed by atoms with Crippen LogP contribution in [0.25, 0.3) is 0 Å². The SMILES string of the molecule is FC(F)(F)[SiH2]OB(O[SiH2]C(F)(F)F)O[SiH2]C(F)(F)F. The van der Waals surface area contributed by atoms with E-state index in [0.717, 1.165) is 0 Å². The largest absolute Gasteiger partial charge is 0.606 e. The first-order valence-corrected chi connectivity index (χ1v) is 8.19. The van der Waals surface area contributed by atoms with Gasteiger partial charge in [0.05, 0.1) is 0 Å². The van der Waals surface area contributed by atoms with Crippen molar-refractivity contribution in [2.24, 2.45) is 0 Å². The summed E-state index contributed by atoms with van der Waals surface area (Å²) < 4.78 is 117. The smallest absolute Gasteiger partial charge is 0.427 e. The Kier molecular flexibility index (Phi) is 7.10. The van der Waals surface area contributed by atoms with Crippen LogP contribution in [0.2, 0.25) is 0 Å².